The summed E-state index contributed by atoms with van der Waals surface area (Å²) in [5, 5.41) is 6.00. The molecule has 2 amide bonds. The number of nitrogens with two attached hydrogens (primary N) is 1. The third-order valence-corrected chi connectivity index (χ3v) is 5.88. The summed E-state index contributed by atoms with van der Waals surface area (Å²) in [6.45, 7) is 2.17. The van der Waals surface area contributed by atoms with Crippen LogP contribution in [-0.4, -0.2) is 40.6 Å². The van der Waals surface area contributed by atoms with Crippen molar-refractivity contribution in [3.8, 4) is 0 Å². The van der Waals surface area contributed by atoms with E-state index in [0.717, 1.165) is 30.9 Å². The van der Waals surface area contributed by atoms with Crippen molar-refractivity contribution in [1.29, 1.82) is 0 Å². The molecule has 0 saturated carbocycles. The lowest BCUT2D eigenvalue weighted by Gasteiger charge is -2.31. The molecule has 4 N–H and O–H groups in total. The number of hydrogen-bond donors (Lipinski definition) is 3. The van der Waals surface area contributed by atoms with Crippen LogP contribution in [0.1, 0.15) is 45.4 Å². The highest BCUT2D eigenvalue weighted by Gasteiger charge is 2.39. The highest BCUT2D eigenvalue weighted by molar-refractivity contribution is 8.00. The van der Waals surface area contributed by atoms with E-state index in [1.54, 1.807) is 11.8 Å². The van der Waals surface area contributed by atoms with Crippen LogP contribution >= 0.6 is 23.5 Å². The second-order valence-electron chi connectivity index (χ2n) is 5.32. The number of carbonyl (C=O) groups excluding carboxylic acids is 2. The van der Waals surface area contributed by atoms with Crippen LogP contribution < -0.4 is 16.4 Å². The Morgan fingerprint density at radius 2 is 2.10 bits per heavy atom. The van der Waals surface area contributed by atoms with Gasteiger partial charge < -0.3 is 11.1 Å². The first-order valence-corrected chi connectivity index (χ1v) is 9.92. The lowest BCUT2D eigenvalue weighted by Crippen LogP contribution is -2.58. The van der Waals surface area contributed by atoms with Crippen LogP contribution in [-0.2, 0) is 9.59 Å². The van der Waals surface area contributed by atoms with Crippen LogP contribution in [0.25, 0.3) is 0 Å². The highest BCUT2D eigenvalue weighted by Crippen LogP contribution is 2.27. The fraction of sp³-hybridized carbons (Fsp3) is 0.857. The number of nitrogens with one attached hydrogen (secondary N) is 2. The quantitative estimate of drug-likeness (QED) is 0.418. The van der Waals surface area contributed by atoms with E-state index in [4.69, 9.17) is 5.73 Å². The topological polar surface area (TPSA) is 84.2 Å². The van der Waals surface area contributed by atoms with E-state index in [-0.39, 0.29) is 11.9 Å². The number of thioether (sulfide) groups is 2. The van der Waals surface area contributed by atoms with Crippen LogP contribution in [0.15, 0.2) is 0 Å². The molecule has 7 heteroatoms. The Bertz CT molecular complexity index is 349. The van der Waals surface area contributed by atoms with Gasteiger partial charge in [0.1, 0.15) is 0 Å². The molecule has 21 heavy (non-hydrogen) atoms. The molecule has 0 aromatic heterocycles. The molecule has 0 bridgehead atoms. The van der Waals surface area contributed by atoms with Gasteiger partial charge in [-0.25, -0.2) is 0 Å². The zero-order valence-electron chi connectivity index (χ0n) is 12.9. The SMILES string of the molecule is CCCCCCCC(NC(=O)[C@@H]1CSCN1)(SC)C(N)=O. The largest absolute Gasteiger partial charge is 0.367 e. The lowest BCUT2D eigenvalue weighted by atomic mass is 10.0. The molecule has 1 aliphatic heterocycles. The summed E-state index contributed by atoms with van der Waals surface area (Å²) >= 11 is 3.02. The fourth-order valence-corrected chi connectivity index (χ4v) is 4.02. The zero-order valence-corrected chi connectivity index (χ0v) is 14.6. The van der Waals surface area contributed by atoms with Gasteiger partial charge in [0.2, 0.25) is 5.91 Å². The third-order valence-electron chi connectivity index (χ3n) is 3.74. The molecule has 0 aliphatic carbocycles. The van der Waals surface area contributed by atoms with Crippen LogP contribution in [0.3, 0.4) is 0 Å². The number of amides is 2. The second kappa shape index (κ2) is 9.58. The summed E-state index contributed by atoms with van der Waals surface area (Å²) in [4.78, 5) is 23.2. The van der Waals surface area contributed by atoms with Gasteiger partial charge in [0, 0.05) is 11.6 Å². The monoisotopic (exact) mass is 333 g/mol. The average molecular weight is 334 g/mol. The van der Waals surface area contributed by atoms with Crippen molar-refractivity contribution in [1.82, 2.24) is 10.6 Å². The van der Waals surface area contributed by atoms with Gasteiger partial charge in [-0.15, -0.1) is 23.5 Å². The van der Waals surface area contributed by atoms with Gasteiger partial charge in [-0.1, -0.05) is 32.6 Å². The highest BCUT2D eigenvalue weighted by atomic mass is 32.2. The van der Waals surface area contributed by atoms with Crippen molar-refractivity contribution in [2.45, 2.75) is 56.4 Å². The van der Waals surface area contributed by atoms with Crippen LogP contribution in [0.4, 0.5) is 0 Å². The minimum absolute atomic E-state index is 0.123. The van der Waals surface area contributed by atoms with Gasteiger partial charge in [0.05, 0.1) is 6.04 Å². The van der Waals surface area contributed by atoms with Crippen molar-refractivity contribution in [3.63, 3.8) is 0 Å². The number of rotatable bonds is 10. The Hall–Kier alpha value is -0.400. The minimum Gasteiger partial charge on any atom is -0.367 e. The van der Waals surface area contributed by atoms with E-state index in [9.17, 15) is 9.59 Å². The predicted octanol–water partition coefficient (Wildman–Crippen LogP) is 1.67. The van der Waals surface area contributed by atoms with E-state index in [1.165, 1.54) is 24.6 Å². The summed E-state index contributed by atoms with van der Waals surface area (Å²) in [6.07, 6.45) is 7.94. The molecule has 2 atom stereocenters. The molecule has 0 aromatic carbocycles. The number of hydrogen-bond acceptors (Lipinski definition) is 5. The Morgan fingerprint density at radius 1 is 1.38 bits per heavy atom. The Balaban J connectivity index is 2.55. The molecule has 1 aliphatic rings. The molecule has 0 radical (unpaired) electrons. The maximum atomic E-state index is 12.3. The summed E-state index contributed by atoms with van der Waals surface area (Å²) in [6, 6.07) is -0.221. The number of primary amides is 1. The van der Waals surface area contributed by atoms with Crippen LogP contribution in [0, 0.1) is 0 Å². The normalized spacial score (nSPS) is 21.0. The van der Waals surface area contributed by atoms with Crippen molar-refractivity contribution < 1.29 is 9.59 Å². The van der Waals surface area contributed by atoms with Gasteiger partial charge in [0.25, 0.3) is 5.91 Å². The Labute approximate surface area is 135 Å². The fourth-order valence-electron chi connectivity index (χ4n) is 2.33. The first kappa shape index (κ1) is 18.6. The maximum absolute atomic E-state index is 12.3. The number of carbonyl (C=O) groups is 2. The van der Waals surface area contributed by atoms with Gasteiger partial charge in [-0.3, -0.25) is 14.9 Å². The molecular formula is C14H27N3O2S2. The van der Waals surface area contributed by atoms with Gasteiger partial charge in [0.15, 0.2) is 4.87 Å². The molecule has 1 rings (SSSR count). The molecular weight excluding hydrogens is 306 g/mol. The smallest absolute Gasteiger partial charge is 0.253 e. The Morgan fingerprint density at radius 3 is 2.62 bits per heavy atom. The average Bonchev–Trinajstić information content (AvgIpc) is 2.99. The second-order valence-corrected chi connectivity index (χ2v) is 7.46. The van der Waals surface area contributed by atoms with Crippen LogP contribution in [0.2, 0.25) is 0 Å². The summed E-state index contributed by atoms with van der Waals surface area (Å²) in [5.74, 6) is 0.940. The van der Waals surface area contributed by atoms with E-state index in [0.29, 0.717) is 6.42 Å². The van der Waals surface area contributed by atoms with Gasteiger partial charge in [-0.2, -0.15) is 0 Å². The maximum Gasteiger partial charge on any atom is 0.253 e. The molecule has 0 aromatic rings. The molecule has 1 fully saturated rings. The molecule has 1 unspecified atom stereocenters. The first-order chi connectivity index (χ1) is 10.1. The van der Waals surface area contributed by atoms with Crippen molar-refractivity contribution in [2.75, 3.05) is 17.9 Å². The summed E-state index contributed by atoms with van der Waals surface area (Å²) in [5.41, 5.74) is 5.57. The van der Waals surface area contributed by atoms with E-state index >= 15 is 0 Å². The van der Waals surface area contributed by atoms with Crippen LogP contribution in [0.5, 0.6) is 0 Å². The van der Waals surface area contributed by atoms with Crippen molar-refractivity contribution in [2.24, 2.45) is 5.73 Å². The van der Waals surface area contributed by atoms with Gasteiger partial charge in [-0.05, 0) is 19.1 Å². The lowest BCUT2D eigenvalue weighted by molar-refractivity contribution is -0.129. The molecule has 0 spiro atoms. The van der Waals surface area contributed by atoms with Gasteiger partial charge >= 0.3 is 0 Å². The Kier molecular flexibility index (Phi) is 8.51. The van der Waals surface area contributed by atoms with E-state index in [1.807, 2.05) is 6.26 Å². The van der Waals surface area contributed by atoms with Crippen molar-refractivity contribution in [3.05, 3.63) is 0 Å². The third kappa shape index (κ3) is 5.71. The minimum atomic E-state index is -0.974. The molecule has 1 heterocycles. The van der Waals surface area contributed by atoms with E-state index in [2.05, 4.69) is 17.6 Å². The predicted molar refractivity (Wildman–Crippen MR) is 91.2 cm³/mol. The first-order valence-electron chi connectivity index (χ1n) is 7.54. The van der Waals surface area contributed by atoms with Crippen molar-refractivity contribution >= 4 is 35.3 Å². The standard InChI is InChI=1S/C14H27N3O2S2/c1-3-4-5-6-7-8-14(20-2,13(15)19)17-12(18)11-9-21-10-16-11/h11,16H,3-10H2,1-2H3,(H2,15,19)(H,17,18)/t11-,14?/m0/s1. The number of unbranched alkanes of at least 4 members (excludes halogenated alkanes) is 4. The zero-order chi connectivity index (χ0) is 15.7. The summed E-state index contributed by atoms with van der Waals surface area (Å²) in [7, 11) is 0. The molecule has 1 saturated heterocycles. The molecule has 122 valence electrons. The molecule has 5 nitrogen and oxygen atoms in total. The van der Waals surface area contributed by atoms with E-state index < -0.39 is 10.8 Å². The summed E-state index contributed by atoms with van der Waals surface area (Å²) < 4.78 is 0.